The van der Waals surface area contributed by atoms with Gasteiger partial charge in [0.15, 0.2) is 0 Å². The topological polar surface area (TPSA) is 86.1 Å². The summed E-state index contributed by atoms with van der Waals surface area (Å²) < 4.78 is 27.0. The molecule has 0 fully saturated rings. The zero-order valence-corrected chi connectivity index (χ0v) is 13.5. The summed E-state index contributed by atoms with van der Waals surface area (Å²) in [5, 5.41) is 9.12. The van der Waals surface area contributed by atoms with E-state index >= 15 is 0 Å². The van der Waals surface area contributed by atoms with Gasteiger partial charge in [-0.3, -0.25) is 4.72 Å². The van der Waals surface area contributed by atoms with Crippen molar-refractivity contribution in [1.82, 2.24) is 4.98 Å². The van der Waals surface area contributed by atoms with E-state index in [1.54, 1.807) is 17.0 Å². The molecule has 6 nitrogen and oxygen atoms in total. The molecule has 114 valence electrons. The Labute approximate surface area is 134 Å². The summed E-state index contributed by atoms with van der Waals surface area (Å²) in [6.45, 7) is 0. The van der Waals surface area contributed by atoms with Crippen molar-refractivity contribution in [2.75, 3.05) is 23.7 Å². The van der Waals surface area contributed by atoms with Gasteiger partial charge in [0, 0.05) is 14.1 Å². The lowest BCUT2D eigenvalue weighted by molar-refractivity contribution is 0.601. The van der Waals surface area contributed by atoms with E-state index in [1.807, 2.05) is 20.2 Å². The van der Waals surface area contributed by atoms with Crippen LogP contribution in [0.25, 0.3) is 0 Å². The fourth-order valence-electron chi connectivity index (χ4n) is 1.68. The molecular weight excluding hydrogens is 324 g/mol. The Morgan fingerprint density at radius 3 is 2.55 bits per heavy atom. The molecule has 22 heavy (non-hydrogen) atoms. The number of anilines is 2. The van der Waals surface area contributed by atoms with E-state index in [0.717, 1.165) is 0 Å². The molecule has 0 aliphatic heterocycles. The molecule has 0 spiro atoms. The van der Waals surface area contributed by atoms with Crippen molar-refractivity contribution in [3.63, 3.8) is 0 Å². The second-order valence-corrected chi connectivity index (χ2v) is 6.75. The lowest BCUT2D eigenvalue weighted by Gasteiger charge is -2.12. The van der Waals surface area contributed by atoms with Crippen LogP contribution >= 0.6 is 11.6 Å². The molecule has 0 radical (unpaired) electrons. The average molecular weight is 337 g/mol. The molecule has 0 aliphatic rings. The van der Waals surface area contributed by atoms with Crippen LogP contribution < -0.4 is 9.62 Å². The van der Waals surface area contributed by atoms with E-state index in [9.17, 15) is 8.42 Å². The zero-order chi connectivity index (χ0) is 16.3. The standard InChI is InChI=1S/C14H13ClN4O2S/c1-19(2)14-6-3-11(9-17-14)18-22(20,21)12-4-5-13(15)10(7-12)8-16/h3-7,9,18H,1-2H3. The Morgan fingerprint density at radius 1 is 1.27 bits per heavy atom. The zero-order valence-electron chi connectivity index (χ0n) is 11.9. The summed E-state index contributed by atoms with van der Waals surface area (Å²) in [5.74, 6) is 0.709. The Bertz CT molecular complexity index is 827. The number of sulfonamides is 1. The van der Waals surface area contributed by atoms with E-state index in [1.165, 1.54) is 24.4 Å². The Hall–Kier alpha value is -2.30. The van der Waals surface area contributed by atoms with Crippen molar-refractivity contribution in [2.24, 2.45) is 0 Å². The SMILES string of the molecule is CN(C)c1ccc(NS(=O)(=O)c2ccc(Cl)c(C#N)c2)cn1. The minimum atomic E-state index is -3.81. The number of aromatic nitrogens is 1. The Kier molecular flexibility index (Phi) is 4.54. The normalized spacial score (nSPS) is 10.8. The highest BCUT2D eigenvalue weighted by Gasteiger charge is 2.16. The minimum absolute atomic E-state index is 0.0369. The summed E-state index contributed by atoms with van der Waals surface area (Å²) in [7, 11) is -0.136. The quantitative estimate of drug-likeness (QED) is 0.926. The first kappa shape index (κ1) is 16.1. The average Bonchev–Trinajstić information content (AvgIpc) is 2.47. The van der Waals surface area contributed by atoms with Gasteiger partial charge in [-0.2, -0.15) is 5.26 Å². The molecule has 1 heterocycles. The first-order valence-electron chi connectivity index (χ1n) is 6.19. The highest BCUT2D eigenvalue weighted by atomic mass is 35.5. The van der Waals surface area contributed by atoms with Crippen LogP contribution in [-0.4, -0.2) is 27.5 Å². The van der Waals surface area contributed by atoms with E-state index in [2.05, 4.69) is 9.71 Å². The molecule has 0 atom stereocenters. The number of hydrogen-bond acceptors (Lipinski definition) is 5. The molecule has 0 unspecified atom stereocenters. The molecule has 0 amide bonds. The van der Waals surface area contributed by atoms with Gasteiger partial charge >= 0.3 is 0 Å². The summed E-state index contributed by atoms with van der Waals surface area (Å²) in [4.78, 5) is 5.89. The number of halogens is 1. The second-order valence-electron chi connectivity index (χ2n) is 4.66. The molecule has 0 aliphatic carbocycles. The molecule has 2 rings (SSSR count). The predicted molar refractivity (Wildman–Crippen MR) is 85.5 cm³/mol. The van der Waals surface area contributed by atoms with Crippen molar-refractivity contribution >= 4 is 33.1 Å². The largest absolute Gasteiger partial charge is 0.363 e. The van der Waals surface area contributed by atoms with Crippen LogP contribution in [0.3, 0.4) is 0 Å². The first-order chi connectivity index (χ1) is 10.3. The number of rotatable bonds is 4. The van der Waals surface area contributed by atoms with Gasteiger partial charge in [-0.25, -0.2) is 13.4 Å². The molecular formula is C14H13ClN4O2S. The number of benzene rings is 1. The fourth-order valence-corrected chi connectivity index (χ4v) is 2.91. The van der Waals surface area contributed by atoms with E-state index < -0.39 is 10.0 Å². The van der Waals surface area contributed by atoms with E-state index in [4.69, 9.17) is 16.9 Å². The van der Waals surface area contributed by atoms with Crippen molar-refractivity contribution in [3.8, 4) is 6.07 Å². The third-order valence-electron chi connectivity index (χ3n) is 2.83. The molecule has 1 aromatic heterocycles. The van der Waals surface area contributed by atoms with Crippen molar-refractivity contribution in [1.29, 1.82) is 5.26 Å². The molecule has 1 N–H and O–H groups in total. The van der Waals surface area contributed by atoms with Gasteiger partial charge in [0.2, 0.25) is 0 Å². The molecule has 0 saturated heterocycles. The maximum absolute atomic E-state index is 12.3. The van der Waals surface area contributed by atoms with Gasteiger partial charge in [-0.1, -0.05) is 11.6 Å². The summed E-state index contributed by atoms with van der Waals surface area (Å²) in [6, 6.07) is 9.10. The predicted octanol–water partition coefficient (Wildman–Crippen LogP) is 2.47. The third-order valence-corrected chi connectivity index (χ3v) is 4.54. The number of pyridine rings is 1. The molecule has 1 aromatic carbocycles. The highest BCUT2D eigenvalue weighted by Crippen LogP contribution is 2.22. The molecule has 2 aromatic rings. The minimum Gasteiger partial charge on any atom is -0.363 e. The van der Waals surface area contributed by atoms with Crippen LogP contribution in [-0.2, 0) is 10.0 Å². The maximum Gasteiger partial charge on any atom is 0.261 e. The first-order valence-corrected chi connectivity index (χ1v) is 8.05. The van der Waals surface area contributed by atoms with E-state index in [0.29, 0.717) is 11.5 Å². The van der Waals surface area contributed by atoms with Gasteiger partial charge in [0.05, 0.1) is 27.4 Å². The number of nitrogens with one attached hydrogen (secondary N) is 1. The van der Waals surface area contributed by atoms with Crippen LogP contribution in [0.2, 0.25) is 5.02 Å². The van der Waals surface area contributed by atoms with Gasteiger partial charge in [0.1, 0.15) is 11.9 Å². The maximum atomic E-state index is 12.3. The highest BCUT2D eigenvalue weighted by molar-refractivity contribution is 7.92. The van der Waals surface area contributed by atoms with Crippen molar-refractivity contribution in [3.05, 3.63) is 47.1 Å². The van der Waals surface area contributed by atoms with Gasteiger partial charge in [-0.15, -0.1) is 0 Å². The molecule has 0 saturated carbocycles. The lowest BCUT2D eigenvalue weighted by Crippen LogP contribution is -2.14. The summed E-state index contributed by atoms with van der Waals surface area (Å²) >= 11 is 5.80. The van der Waals surface area contributed by atoms with Crippen LogP contribution in [0.5, 0.6) is 0 Å². The Morgan fingerprint density at radius 2 is 2.00 bits per heavy atom. The van der Waals surface area contributed by atoms with Crippen LogP contribution in [0.4, 0.5) is 11.5 Å². The monoisotopic (exact) mass is 336 g/mol. The van der Waals surface area contributed by atoms with E-state index in [-0.39, 0.29) is 15.5 Å². The van der Waals surface area contributed by atoms with Gasteiger partial charge in [0.25, 0.3) is 10.0 Å². The lowest BCUT2D eigenvalue weighted by atomic mass is 10.2. The van der Waals surface area contributed by atoms with Crippen LogP contribution in [0, 0.1) is 11.3 Å². The second kappa shape index (κ2) is 6.22. The van der Waals surface area contributed by atoms with Crippen molar-refractivity contribution in [2.45, 2.75) is 4.90 Å². The summed E-state index contributed by atoms with van der Waals surface area (Å²) in [6.07, 6.45) is 1.42. The fraction of sp³-hybridized carbons (Fsp3) is 0.143. The Balaban J connectivity index is 2.30. The van der Waals surface area contributed by atoms with Crippen LogP contribution in [0.1, 0.15) is 5.56 Å². The smallest absolute Gasteiger partial charge is 0.261 e. The van der Waals surface area contributed by atoms with Gasteiger partial charge < -0.3 is 4.90 Å². The number of nitrogens with zero attached hydrogens (tertiary/aromatic N) is 3. The van der Waals surface area contributed by atoms with Crippen molar-refractivity contribution < 1.29 is 8.42 Å². The van der Waals surface area contributed by atoms with Gasteiger partial charge in [-0.05, 0) is 30.3 Å². The third kappa shape index (κ3) is 3.47. The summed E-state index contributed by atoms with van der Waals surface area (Å²) in [5.41, 5.74) is 0.435. The number of hydrogen-bond donors (Lipinski definition) is 1. The number of nitriles is 1. The van der Waals surface area contributed by atoms with Crippen LogP contribution in [0.15, 0.2) is 41.4 Å². The molecule has 0 bridgehead atoms. The molecule has 8 heteroatoms.